The van der Waals surface area contributed by atoms with E-state index in [9.17, 15) is 9.59 Å². The van der Waals surface area contributed by atoms with Gasteiger partial charge in [0, 0.05) is 13.0 Å². The van der Waals surface area contributed by atoms with Crippen LogP contribution in [0.15, 0.2) is 4.99 Å². The van der Waals surface area contributed by atoms with Crippen LogP contribution in [0.4, 0.5) is 0 Å². The Morgan fingerprint density at radius 1 is 1.00 bits per heavy atom. The van der Waals surface area contributed by atoms with Crippen molar-refractivity contribution in [3.8, 4) is 0 Å². The Balaban J connectivity index is 2.31. The van der Waals surface area contributed by atoms with Gasteiger partial charge in [0.15, 0.2) is 5.96 Å². The third-order valence-electron chi connectivity index (χ3n) is 3.40. The standard InChI is InChI=1S/C13H25N7O2/c14-10(15)6-2-1-4-8-11(21)20-9(12(22)19-8)5-3-7-18-13(16)17/h8-9H,1-7H2,(H3,14,15)(H,19,22)(H,20,21)(H4,16,17,18). The number of aliphatic imine (C=N–C) groups is 1. The minimum Gasteiger partial charge on any atom is -0.388 e. The van der Waals surface area contributed by atoms with E-state index in [2.05, 4.69) is 15.6 Å². The Hall–Kier alpha value is -2.32. The number of amides is 2. The summed E-state index contributed by atoms with van der Waals surface area (Å²) < 4.78 is 0. The first-order valence-corrected chi connectivity index (χ1v) is 7.39. The number of nitrogens with two attached hydrogens (primary N) is 3. The van der Waals surface area contributed by atoms with E-state index in [1.807, 2.05) is 0 Å². The maximum atomic E-state index is 12.0. The summed E-state index contributed by atoms with van der Waals surface area (Å²) in [7, 11) is 0. The smallest absolute Gasteiger partial charge is 0.243 e. The number of guanidine groups is 1. The largest absolute Gasteiger partial charge is 0.388 e. The topological polar surface area (TPSA) is 172 Å². The molecule has 9 N–H and O–H groups in total. The van der Waals surface area contributed by atoms with Gasteiger partial charge in [0.05, 0.1) is 5.84 Å². The molecule has 0 aliphatic carbocycles. The zero-order valence-electron chi connectivity index (χ0n) is 12.6. The number of carbonyl (C=O) groups excluding carboxylic acids is 2. The molecular weight excluding hydrogens is 286 g/mol. The van der Waals surface area contributed by atoms with Crippen LogP contribution >= 0.6 is 0 Å². The second-order valence-corrected chi connectivity index (χ2v) is 5.34. The lowest BCUT2D eigenvalue weighted by molar-refractivity contribution is -0.137. The van der Waals surface area contributed by atoms with E-state index < -0.39 is 12.1 Å². The highest BCUT2D eigenvalue weighted by atomic mass is 16.2. The molecule has 1 saturated heterocycles. The average Bonchev–Trinajstić information content (AvgIpc) is 2.43. The average molecular weight is 311 g/mol. The summed E-state index contributed by atoms with van der Waals surface area (Å²) in [5.74, 6) is -0.198. The van der Waals surface area contributed by atoms with E-state index in [-0.39, 0.29) is 23.6 Å². The third kappa shape index (κ3) is 6.42. The first-order chi connectivity index (χ1) is 10.4. The fourth-order valence-corrected chi connectivity index (χ4v) is 2.25. The minimum absolute atomic E-state index is 0.0164. The number of unbranched alkanes of at least 4 members (excludes halogenated alkanes) is 1. The molecule has 0 aromatic heterocycles. The molecule has 1 fully saturated rings. The van der Waals surface area contributed by atoms with E-state index in [1.54, 1.807) is 0 Å². The second-order valence-electron chi connectivity index (χ2n) is 5.34. The molecule has 22 heavy (non-hydrogen) atoms. The SMILES string of the molecule is N=C(N)CCCCC1NC(=O)C(CCCN=C(N)N)NC1=O. The molecule has 9 heteroatoms. The van der Waals surface area contributed by atoms with Gasteiger partial charge >= 0.3 is 0 Å². The van der Waals surface area contributed by atoms with Gasteiger partial charge in [0.25, 0.3) is 0 Å². The molecule has 2 unspecified atom stereocenters. The molecule has 1 aliphatic rings. The summed E-state index contributed by atoms with van der Waals surface area (Å²) in [5, 5.41) is 12.6. The van der Waals surface area contributed by atoms with Crippen LogP contribution in [0.5, 0.6) is 0 Å². The van der Waals surface area contributed by atoms with Crippen molar-refractivity contribution in [1.29, 1.82) is 5.41 Å². The van der Waals surface area contributed by atoms with Gasteiger partial charge in [-0.1, -0.05) is 6.42 Å². The quantitative estimate of drug-likeness (QED) is 0.173. The summed E-state index contributed by atoms with van der Waals surface area (Å²) in [4.78, 5) is 27.7. The number of piperazine rings is 1. The van der Waals surface area contributed by atoms with Crippen LogP contribution in [0.25, 0.3) is 0 Å². The molecule has 1 heterocycles. The predicted molar refractivity (Wildman–Crippen MR) is 84.2 cm³/mol. The van der Waals surface area contributed by atoms with Crippen LogP contribution < -0.4 is 27.8 Å². The Labute approximate surface area is 129 Å². The van der Waals surface area contributed by atoms with Crippen molar-refractivity contribution < 1.29 is 9.59 Å². The Morgan fingerprint density at radius 2 is 1.55 bits per heavy atom. The number of amidine groups is 1. The Morgan fingerprint density at radius 3 is 2.05 bits per heavy atom. The van der Waals surface area contributed by atoms with Crippen LogP contribution in [0, 0.1) is 5.41 Å². The molecular formula is C13H25N7O2. The molecule has 1 rings (SSSR count). The highest BCUT2D eigenvalue weighted by Crippen LogP contribution is 2.10. The molecule has 0 radical (unpaired) electrons. The van der Waals surface area contributed by atoms with Crippen molar-refractivity contribution in [3.63, 3.8) is 0 Å². The number of rotatable bonds is 9. The highest BCUT2D eigenvalue weighted by Gasteiger charge is 2.32. The molecule has 124 valence electrons. The van der Waals surface area contributed by atoms with Gasteiger partial charge < -0.3 is 27.8 Å². The van der Waals surface area contributed by atoms with E-state index in [4.69, 9.17) is 22.6 Å². The van der Waals surface area contributed by atoms with Crippen LogP contribution in [0.3, 0.4) is 0 Å². The monoisotopic (exact) mass is 311 g/mol. The van der Waals surface area contributed by atoms with Gasteiger partial charge in [-0.25, -0.2) is 0 Å². The molecule has 0 spiro atoms. The number of carbonyl (C=O) groups is 2. The number of nitrogens with zero attached hydrogens (tertiary/aromatic N) is 1. The molecule has 2 amide bonds. The first-order valence-electron chi connectivity index (χ1n) is 7.39. The molecule has 1 aliphatic heterocycles. The lowest BCUT2D eigenvalue weighted by atomic mass is 10.0. The molecule has 2 atom stereocenters. The molecule has 0 saturated carbocycles. The fraction of sp³-hybridized carbons (Fsp3) is 0.692. The van der Waals surface area contributed by atoms with E-state index in [0.717, 1.165) is 12.8 Å². The summed E-state index contributed by atoms with van der Waals surface area (Å²) in [6, 6.07) is -1.04. The molecule has 0 bridgehead atoms. The number of nitrogens with one attached hydrogen (secondary N) is 3. The summed E-state index contributed by atoms with van der Waals surface area (Å²) in [5.41, 5.74) is 15.7. The van der Waals surface area contributed by atoms with Gasteiger partial charge in [-0.15, -0.1) is 0 Å². The van der Waals surface area contributed by atoms with Gasteiger partial charge in [-0.2, -0.15) is 0 Å². The lowest BCUT2D eigenvalue weighted by Gasteiger charge is -2.29. The predicted octanol–water partition coefficient (Wildman–Crippen LogP) is -1.48. The fourth-order valence-electron chi connectivity index (χ4n) is 2.25. The van der Waals surface area contributed by atoms with E-state index in [1.165, 1.54) is 0 Å². The normalized spacial score (nSPS) is 20.9. The molecule has 0 aromatic rings. The van der Waals surface area contributed by atoms with Gasteiger partial charge in [0.2, 0.25) is 11.8 Å². The third-order valence-corrected chi connectivity index (χ3v) is 3.40. The van der Waals surface area contributed by atoms with Crippen molar-refractivity contribution in [2.45, 2.75) is 50.6 Å². The Bertz CT molecular complexity index is 446. The van der Waals surface area contributed by atoms with E-state index >= 15 is 0 Å². The summed E-state index contributed by atoms with van der Waals surface area (Å²) in [6.45, 7) is 0.427. The van der Waals surface area contributed by atoms with Gasteiger partial charge in [-0.05, 0) is 25.7 Å². The van der Waals surface area contributed by atoms with Crippen LogP contribution in [-0.2, 0) is 9.59 Å². The number of hydrogen-bond acceptors (Lipinski definition) is 4. The summed E-state index contributed by atoms with van der Waals surface area (Å²) >= 11 is 0. The van der Waals surface area contributed by atoms with Crippen LogP contribution in [-0.4, -0.2) is 42.2 Å². The minimum atomic E-state index is -0.532. The zero-order chi connectivity index (χ0) is 16.5. The van der Waals surface area contributed by atoms with Crippen molar-refractivity contribution in [1.82, 2.24) is 10.6 Å². The first kappa shape index (κ1) is 17.7. The highest BCUT2D eigenvalue weighted by molar-refractivity contribution is 5.96. The van der Waals surface area contributed by atoms with Crippen molar-refractivity contribution in [2.75, 3.05) is 6.54 Å². The van der Waals surface area contributed by atoms with Crippen molar-refractivity contribution >= 4 is 23.6 Å². The van der Waals surface area contributed by atoms with Crippen molar-refractivity contribution in [2.24, 2.45) is 22.2 Å². The zero-order valence-corrected chi connectivity index (χ0v) is 12.6. The maximum absolute atomic E-state index is 12.0. The molecule has 9 nitrogen and oxygen atoms in total. The van der Waals surface area contributed by atoms with Crippen LogP contribution in [0.2, 0.25) is 0 Å². The van der Waals surface area contributed by atoms with Gasteiger partial charge in [0.1, 0.15) is 12.1 Å². The maximum Gasteiger partial charge on any atom is 0.243 e. The number of hydrogen-bond donors (Lipinski definition) is 6. The van der Waals surface area contributed by atoms with Gasteiger partial charge in [-0.3, -0.25) is 20.0 Å². The van der Waals surface area contributed by atoms with Crippen molar-refractivity contribution in [3.05, 3.63) is 0 Å². The summed E-state index contributed by atoms with van der Waals surface area (Å²) in [6.07, 6.45) is 3.62. The lowest BCUT2D eigenvalue weighted by Crippen LogP contribution is -2.61. The van der Waals surface area contributed by atoms with Crippen LogP contribution in [0.1, 0.15) is 38.5 Å². The Kier molecular flexibility index (Phi) is 7.14. The second kappa shape index (κ2) is 8.85. The van der Waals surface area contributed by atoms with E-state index in [0.29, 0.717) is 32.2 Å². The molecule has 0 aromatic carbocycles.